The lowest BCUT2D eigenvalue weighted by atomic mass is 9.69. The van der Waals surface area contributed by atoms with E-state index in [9.17, 15) is 9.18 Å². The number of rotatable bonds is 4. The Morgan fingerprint density at radius 1 is 1.16 bits per heavy atom. The minimum atomic E-state index is -0.804. The molecule has 1 saturated carbocycles. The number of benzene rings is 1. The highest BCUT2D eigenvalue weighted by atomic mass is 19.1. The first kappa shape index (κ1) is 19.2. The first-order valence-corrected chi connectivity index (χ1v) is 9.66. The summed E-state index contributed by atoms with van der Waals surface area (Å²) < 4.78 is 40.5. The maximum absolute atomic E-state index is 15.2. The molecule has 3 heterocycles. The number of nitrogens with zero attached hydrogens (tertiary/aromatic N) is 4. The summed E-state index contributed by atoms with van der Waals surface area (Å²) >= 11 is 0. The predicted octanol–water partition coefficient (Wildman–Crippen LogP) is 3.92. The van der Waals surface area contributed by atoms with Gasteiger partial charge in [-0.3, -0.25) is 4.90 Å². The van der Waals surface area contributed by atoms with E-state index in [1.54, 1.807) is 12.1 Å². The number of nitrogens with two attached hydrogens (primary N) is 1. The summed E-state index contributed by atoms with van der Waals surface area (Å²) in [6.45, 7) is -0.0731. The van der Waals surface area contributed by atoms with E-state index in [1.165, 1.54) is 35.5 Å². The minimum absolute atomic E-state index is 0.0731. The molecule has 1 spiro atoms. The largest absolute Gasteiger partial charge is 0.434 e. The molecule has 10 heteroatoms. The molecule has 0 radical (unpaired) electrons. The number of anilines is 1. The molecule has 158 valence electrons. The van der Waals surface area contributed by atoms with Crippen molar-refractivity contribution in [3.8, 4) is 17.4 Å². The average Bonchev–Trinajstić information content (AvgIpc) is 2.74. The van der Waals surface area contributed by atoms with E-state index in [0.29, 0.717) is 18.4 Å². The second kappa shape index (κ2) is 7.15. The van der Waals surface area contributed by atoms with Crippen LogP contribution in [0.3, 0.4) is 0 Å². The highest BCUT2D eigenvalue weighted by Gasteiger charge is 2.52. The molecule has 0 unspecified atom stereocenters. The van der Waals surface area contributed by atoms with Crippen LogP contribution in [0.25, 0.3) is 0 Å². The lowest BCUT2D eigenvalue weighted by Gasteiger charge is -2.52. The van der Waals surface area contributed by atoms with Crippen molar-refractivity contribution in [3.63, 3.8) is 0 Å². The third-order valence-corrected chi connectivity index (χ3v) is 5.76. The zero-order chi connectivity index (χ0) is 21.6. The van der Waals surface area contributed by atoms with Crippen molar-refractivity contribution in [1.82, 2.24) is 20.1 Å². The quantitative estimate of drug-likeness (QED) is 0.676. The number of halogens is 2. The summed E-state index contributed by atoms with van der Waals surface area (Å²) in [5.74, 6) is -1.95. The van der Waals surface area contributed by atoms with Gasteiger partial charge in [0, 0.05) is 29.6 Å². The zero-order valence-corrected chi connectivity index (χ0v) is 16.2. The molecule has 31 heavy (non-hydrogen) atoms. The molecular weight excluding hydrogens is 408 g/mol. The molecule has 8 nitrogen and oxygen atoms in total. The van der Waals surface area contributed by atoms with Gasteiger partial charge in [-0.25, -0.2) is 14.2 Å². The maximum atomic E-state index is 15.2. The van der Waals surface area contributed by atoms with Crippen LogP contribution in [0.4, 0.5) is 19.4 Å². The molecule has 0 bridgehead atoms. The number of pyridine rings is 1. The van der Waals surface area contributed by atoms with Crippen molar-refractivity contribution in [2.45, 2.75) is 31.3 Å². The van der Waals surface area contributed by atoms with Crippen LogP contribution in [0.2, 0.25) is 0 Å². The number of hydrogen-bond acceptors (Lipinski definition) is 7. The van der Waals surface area contributed by atoms with Gasteiger partial charge in [-0.05, 0) is 43.5 Å². The normalized spacial score (nSPS) is 16.5. The zero-order valence-electron chi connectivity index (χ0n) is 16.2. The third-order valence-electron chi connectivity index (χ3n) is 5.76. The van der Waals surface area contributed by atoms with Gasteiger partial charge < -0.3 is 15.2 Å². The van der Waals surface area contributed by atoms with Gasteiger partial charge in [-0.2, -0.15) is 9.49 Å². The van der Waals surface area contributed by atoms with Gasteiger partial charge in [0.2, 0.25) is 11.7 Å². The molecule has 3 aromatic rings. The fraction of sp³-hybridized carbons (Fsp3) is 0.238. The van der Waals surface area contributed by atoms with E-state index < -0.39 is 23.3 Å². The number of fused-ring (bicyclic) bond motifs is 2. The molecule has 1 amide bonds. The van der Waals surface area contributed by atoms with Gasteiger partial charge in [0.1, 0.15) is 0 Å². The number of hydrogen-bond donors (Lipinski definition) is 1. The van der Waals surface area contributed by atoms with Crippen LogP contribution in [-0.4, -0.2) is 26.2 Å². The molecule has 2 aliphatic rings. The number of carbonyl (C=O) groups excluding carboxylic acids is 1. The van der Waals surface area contributed by atoms with Crippen molar-refractivity contribution < 1.29 is 23.0 Å². The van der Waals surface area contributed by atoms with E-state index in [-0.39, 0.29) is 35.3 Å². The van der Waals surface area contributed by atoms with Crippen LogP contribution in [0.15, 0.2) is 42.7 Å². The van der Waals surface area contributed by atoms with Crippen LogP contribution >= 0.6 is 0 Å². The number of ether oxygens (including phenoxy) is 2. The van der Waals surface area contributed by atoms with E-state index >= 15 is 4.39 Å². The second-order valence-electron chi connectivity index (χ2n) is 7.43. The van der Waals surface area contributed by atoms with Crippen LogP contribution in [0.1, 0.15) is 30.4 Å². The highest BCUT2D eigenvalue weighted by molar-refractivity contribution is 5.76. The van der Waals surface area contributed by atoms with Crippen molar-refractivity contribution in [2.75, 3.05) is 5.73 Å². The standard InChI is InChI=1S/C21H17F2N5O3/c22-16-12(6-10-25-19(16)24)11-28-20(29)31-18-13(21(28)7-2-8-21)4-5-14(17(18)23)30-15-3-1-9-26-27-15/h1,3-6,9-10H,2,7-8,11H2,(H2,24,25). The first-order valence-electron chi connectivity index (χ1n) is 9.66. The number of aromatic nitrogens is 3. The van der Waals surface area contributed by atoms with Crippen LogP contribution in [0.5, 0.6) is 17.4 Å². The molecule has 2 N–H and O–H groups in total. The Hall–Kier alpha value is -3.82. The van der Waals surface area contributed by atoms with E-state index in [1.807, 2.05) is 0 Å². The maximum Gasteiger partial charge on any atom is 0.416 e. The fourth-order valence-corrected chi connectivity index (χ4v) is 4.06. The molecule has 5 rings (SSSR count). The molecule has 2 aromatic heterocycles. The first-order chi connectivity index (χ1) is 15.0. The van der Waals surface area contributed by atoms with Gasteiger partial charge in [-0.15, -0.1) is 5.10 Å². The lowest BCUT2D eigenvalue weighted by molar-refractivity contribution is -0.000309. The Morgan fingerprint density at radius 2 is 2.00 bits per heavy atom. The summed E-state index contributed by atoms with van der Waals surface area (Å²) in [5.41, 5.74) is 5.50. The molecule has 1 fully saturated rings. The van der Waals surface area contributed by atoms with Crippen LogP contribution in [0, 0.1) is 11.6 Å². The third kappa shape index (κ3) is 3.02. The minimum Gasteiger partial charge on any atom is -0.434 e. The van der Waals surface area contributed by atoms with Crippen LogP contribution < -0.4 is 15.2 Å². The summed E-state index contributed by atoms with van der Waals surface area (Å²) in [7, 11) is 0. The highest BCUT2D eigenvalue weighted by Crippen LogP contribution is 2.54. The van der Waals surface area contributed by atoms with E-state index in [0.717, 1.165) is 6.42 Å². The summed E-state index contributed by atoms with van der Waals surface area (Å²) in [5, 5.41) is 7.45. The Bertz CT molecular complexity index is 1170. The molecular formula is C21H17F2N5O3. The number of carbonyl (C=O) groups is 1. The molecule has 1 aliphatic carbocycles. The van der Waals surface area contributed by atoms with Crippen molar-refractivity contribution >= 4 is 11.9 Å². The number of amides is 1. The number of nitrogen functional groups attached to an aromatic ring is 1. The molecule has 0 atom stereocenters. The smallest absolute Gasteiger partial charge is 0.416 e. The van der Waals surface area contributed by atoms with Crippen molar-refractivity contribution in [2.24, 2.45) is 0 Å². The molecule has 1 aliphatic heterocycles. The van der Waals surface area contributed by atoms with Crippen LogP contribution in [-0.2, 0) is 12.1 Å². The van der Waals surface area contributed by atoms with Gasteiger partial charge in [0.15, 0.2) is 23.1 Å². The van der Waals surface area contributed by atoms with Gasteiger partial charge in [0.25, 0.3) is 0 Å². The predicted molar refractivity (Wildman–Crippen MR) is 104 cm³/mol. The van der Waals surface area contributed by atoms with E-state index in [2.05, 4.69) is 15.2 Å². The molecule has 0 saturated heterocycles. The lowest BCUT2D eigenvalue weighted by Crippen LogP contribution is -2.57. The Kier molecular flexibility index (Phi) is 4.42. The second-order valence-corrected chi connectivity index (χ2v) is 7.43. The average molecular weight is 425 g/mol. The van der Waals surface area contributed by atoms with Gasteiger partial charge in [0.05, 0.1) is 12.1 Å². The topological polar surface area (TPSA) is 103 Å². The fourth-order valence-electron chi connectivity index (χ4n) is 4.06. The SMILES string of the molecule is Nc1nccc(CN2C(=O)Oc3c(ccc(Oc4cccnn4)c3F)C23CCC3)c1F. The van der Waals surface area contributed by atoms with E-state index in [4.69, 9.17) is 15.2 Å². The van der Waals surface area contributed by atoms with Gasteiger partial charge >= 0.3 is 6.09 Å². The van der Waals surface area contributed by atoms with Crippen molar-refractivity contribution in [1.29, 1.82) is 0 Å². The Morgan fingerprint density at radius 3 is 2.71 bits per heavy atom. The monoisotopic (exact) mass is 425 g/mol. The van der Waals surface area contributed by atoms with Gasteiger partial charge in [-0.1, -0.05) is 0 Å². The summed E-state index contributed by atoms with van der Waals surface area (Å²) in [6, 6.07) is 7.72. The van der Waals surface area contributed by atoms with Crippen molar-refractivity contribution in [3.05, 3.63) is 65.5 Å². The summed E-state index contributed by atoms with van der Waals surface area (Å²) in [6.07, 6.45) is 4.11. The summed E-state index contributed by atoms with van der Waals surface area (Å²) in [4.78, 5) is 18.0. The Labute approximate surface area is 175 Å². The Balaban J connectivity index is 1.52. The molecule has 1 aromatic carbocycles.